The number of para-hydroxylation sites is 1. The number of benzene rings is 2. The topological polar surface area (TPSA) is 104 Å². The molecule has 138 valence electrons. The summed E-state index contributed by atoms with van der Waals surface area (Å²) >= 11 is 3.31. The Labute approximate surface area is 165 Å². The minimum atomic E-state index is -0.437. The number of nitrogens with zero attached hydrogens (tertiary/aromatic N) is 2. The number of hydrazone groups is 1. The number of ether oxygens (including phenoxy) is 1. The van der Waals surface area contributed by atoms with Crippen molar-refractivity contribution in [3.05, 3.63) is 58.6 Å². The van der Waals surface area contributed by atoms with Crippen LogP contribution in [0.3, 0.4) is 0 Å². The molecule has 2 aromatic rings. The number of nitriles is 1. The molecule has 0 saturated carbocycles. The van der Waals surface area contributed by atoms with Gasteiger partial charge in [0.15, 0.2) is 6.61 Å². The van der Waals surface area contributed by atoms with E-state index in [4.69, 9.17) is 10.00 Å². The van der Waals surface area contributed by atoms with Crippen molar-refractivity contribution in [3.63, 3.8) is 0 Å². The first-order valence-corrected chi connectivity index (χ1v) is 8.76. The lowest BCUT2D eigenvalue weighted by Gasteiger charge is -2.07. The van der Waals surface area contributed by atoms with E-state index >= 15 is 0 Å². The molecular formula is C19H17BrN4O3. The van der Waals surface area contributed by atoms with Crippen molar-refractivity contribution in [2.45, 2.75) is 13.3 Å². The zero-order valence-electron chi connectivity index (χ0n) is 14.5. The predicted octanol–water partition coefficient (Wildman–Crippen LogP) is 3.22. The van der Waals surface area contributed by atoms with Gasteiger partial charge in [-0.25, -0.2) is 5.43 Å². The van der Waals surface area contributed by atoms with Crippen molar-refractivity contribution in [2.75, 3.05) is 11.9 Å². The molecule has 2 aromatic carbocycles. The van der Waals surface area contributed by atoms with Gasteiger partial charge in [0.25, 0.3) is 5.91 Å². The molecule has 0 radical (unpaired) electrons. The number of anilines is 1. The average Bonchev–Trinajstić information content (AvgIpc) is 2.66. The summed E-state index contributed by atoms with van der Waals surface area (Å²) in [5, 5.41) is 15.5. The number of rotatable bonds is 7. The van der Waals surface area contributed by atoms with Crippen LogP contribution in [0.25, 0.3) is 0 Å². The molecule has 0 atom stereocenters. The highest BCUT2D eigenvalue weighted by Gasteiger charge is 2.08. The normalized spacial score (nSPS) is 10.6. The molecule has 0 aliphatic carbocycles. The third-order valence-corrected chi connectivity index (χ3v) is 3.82. The largest absolute Gasteiger partial charge is 0.484 e. The van der Waals surface area contributed by atoms with E-state index < -0.39 is 5.91 Å². The zero-order chi connectivity index (χ0) is 19.6. The highest BCUT2D eigenvalue weighted by molar-refractivity contribution is 9.10. The number of amides is 2. The molecule has 0 aliphatic heterocycles. The average molecular weight is 429 g/mol. The fourth-order valence-corrected chi connectivity index (χ4v) is 2.29. The van der Waals surface area contributed by atoms with E-state index in [-0.39, 0.29) is 18.9 Å². The van der Waals surface area contributed by atoms with Gasteiger partial charge in [0, 0.05) is 10.2 Å². The maximum atomic E-state index is 12.0. The summed E-state index contributed by atoms with van der Waals surface area (Å²) in [6, 6.07) is 15.8. The van der Waals surface area contributed by atoms with Crippen LogP contribution in [0.5, 0.6) is 5.75 Å². The van der Waals surface area contributed by atoms with Gasteiger partial charge in [-0.1, -0.05) is 28.1 Å². The molecule has 0 heterocycles. The second-order valence-electron chi connectivity index (χ2n) is 5.51. The Morgan fingerprint density at radius 1 is 1.15 bits per heavy atom. The molecule has 27 heavy (non-hydrogen) atoms. The van der Waals surface area contributed by atoms with Crippen LogP contribution in [0.1, 0.15) is 18.9 Å². The Hall–Kier alpha value is -3.18. The van der Waals surface area contributed by atoms with E-state index in [1.807, 2.05) is 6.07 Å². The van der Waals surface area contributed by atoms with Gasteiger partial charge in [-0.15, -0.1) is 0 Å². The number of hydrogen-bond acceptors (Lipinski definition) is 5. The standard InChI is InChI=1S/C19H17BrN4O3/c1-13(10-18(25)22-17-5-3-2-4-14(17)11-21)23-24-19(26)12-27-16-8-6-15(20)7-9-16/h2-9H,10,12H2,1H3,(H,22,25)(H,24,26)/b23-13+. The van der Waals surface area contributed by atoms with Crippen molar-refractivity contribution < 1.29 is 14.3 Å². The van der Waals surface area contributed by atoms with Crippen LogP contribution in [0, 0.1) is 11.3 Å². The Kier molecular flexibility index (Phi) is 7.52. The third kappa shape index (κ3) is 6.92. The van der Waals surface area contributed by atoms with Gasteiger partial charge in [0.05, 0.1) is 17.7 Å². The molecule has 0 aliphatic rings. The van der Waals surface area contributed by atoms with Crippen LogP contribution < -0.4 is 15.5 Å². The Balaban J connectivity index is 1.79. The van der Waals surface area contributed by atoms with Crippen LogP contribution in [0.2, 0.25) is 0 Å². The van der Waals surface area contributed by atoms with Crippen LogP contribution in [-0.2, 0) is 9.59 Å². The van der Waals surface area contributed by atoms with Crippen LogP contribution in [-0.4, -0.2) is 24.1 Å². The van der Waals surface area contributed by atoms with Gasteiger partial charge in [-0.05, 0) is 43.3 Å². The lowest BCUT2D eigenvalue weighted by atomic mass is 10.2. The second kappa shape index (κ2) is 10.1. The first kappa shape index (κ1) is 20.1. The lowest BCUT2D eigenvalue weighted by molar-refractivity contribution is -0.123. The summed E-state index contributed by atoms with van der Waals surface area (Å²) in [6.07, 6.45) is -0.0202. The molecule has 0 unspecified atom stereocenters. The Morgan fingerprint density at radius 2 is 1.85 bits per heavy atom. The smallest absolute Gasteiger partial charge is 0.277 e. The molecule has 2 N–H and O–H groups in total. The van der Waals surface area contributed by atoms with E-state index in [2.05, 4.69) is 31.8 Å². The number of halogens is 1. The molecule has 2 amide bonds. The summed E-state index contributed by atoms with van der Waals surface area (Å²) in [5.74, 6) is -0.212. The van der Waals surface area contributed by atoms with Crippen molar-refractivity contribution >= 4 is 39.1 Å². The molecular weight excluding hydrogens is 412 g/mol. The number of nitrogens with one attached hydrogen (secondary N) is 2. The minimum Gasteiger partial charge on any atom is -0.484 e. The highest BCUT2D eigenvalue weighted by atomic mass is 79.9. The summed E-state index contributed by atoms with van der Waals surface area (Å²) in [6.45, 7) is 1.42. The van der Waals surface area contributed by atoms with Crippen molar-refractivity contribution in [3.8, 4) is 11.8 Å². The van der Waals surface area contributed by atoms with Gasteiger partial charge in [-0.2, -0.15) is 10.4 Å². The minimum absolute atomic E-state index is 0.0202. The molecule has 0 aromatic heterocycles. The van der Waals surface area contributed by atoms with E-state index in [1.54, 1.807) is 55.5 Å². The van der Waals surface area contributed by atoms with Crippen LogP contribution >= 0.6 is 15.9 Å². The molecule has 8 heteroatoms. The number of carbonyl (C=O) groups is 2. The van der Waals surface area contributed by atoms with Crippen LogP contribution in [0.4, 0.5) is 5.69 Å². The quantitative estimate of drug-likeness (QED) is 0.521. The monoisotopic (exact) mass is 428 g/mol. The highest BCUT2D eigenvalue weighted by Crippen LogP contribution is 2.16. The molecule has 0 spiro atoms. The first-order chi connectivity index (χ1) is 13.0. The lowest BCUT2D eigenvalue weighted by Crippen LogP contribution is -2.26. The first-order valence-electron chi connectivity index (χ1n) is 7.97. The molecule has 0 saturated heterocycles. The van der Waals surface area contributed by atoms with Crippen LogP contribution in [0.15, 0.2) is 58.1 Å². The van der Waals surface area contributed by atoms with Gasteiger partial charge in [0.2, 0.25) is 5.91 Å². The number of hydrogen-bond donors (Lipinski definition) is 2. The fourth-order valence-electron chi connectivity index (χ4n) is 2.03. The predicted molar refractivity (Wildman–Crippen MR) is 105 cm³/mol. The van der Waals surface area contributed by atoms with E-state index in [1.165, 1.54) is 0 Å². The van der Waals surface area contributed by atoms with Gasteiger partial charge < -0.3 is 10.1 Å². The zero-order valence-corrected chi connectivity index (χ0v) is 16.1. The van der Waals surface area contributed by atoms with E-state index in [0.717, 1.165) is 4.47 Å². The maximum absolute atomic E-state index is 12.0. The maximum Gasteiger partial charge on any atom is 0.277 e. The SMILES string of the molecule is C/C(CC(=O)Nc1ccccc1C#N)=N\NC(=O)COc1ccc(Br)cc1. The van der Waals surface area contributed by atoms with E-state index in [0.29, 0.717) is 22.7 Å². The van der Waals surface area contributed by atoms with Gasteiger partial charge >= 0.3 is 0 Å². The molecule has 0 fully saturated rings. The molecule has 7 nitrogen and oxygen atoms in total. The van der Waals surface area contributed by atoms with Crippen molar-refractivity contribution in [1.29, 1.82) is 5.26 Å². The summed E-state index contributed by atoms with van der Waals surface area (Å²) < 4.78 is 6.24. The summed E-state index contributed by atoms with van der Waals surface area (Å²) in [4.78, 5) is 23.8. The molecule has 0 bridgehead atoms. The van der Waals surface area contributed by atoms with Crippen molar-refractivity contribution in [2.24, 2.45) is 5.10 Å². The Morgan fingerprint density at radius 3 is 2.56 bits per heavy atom. The van der Waals surface area contributed by atoms with Gasteiger partial charge in [0.1, 0.15) is 11.8 Å². The Bertz CT molecular complexity index is 889. The second-order valence-corrected chi connectivity index (χ2v) is 6.42. The van der Waals surface area contributed by atoms with E-state index in [9.17, 15) is 9.59 Å². The fraction of sp³-hybridized carbons (Fsp3) is 0.158. The van der Waals surface area contributed by atoms with Crippen molar-refractivity contribution in [1.82, 2.24) is 5.43 Å². The summed E-state index contributed by atoms with van der Waals surface area (Å²) in [5.41, 5.74) is 3.56. The third-order valence-electron chi connectivity index (χ3n) is 3.29. The van der Waals surface area contributed by atoms with Gasteiger partial charge in [-0.3, -0.25) is 9.59 Å². The summed E-state index contributed by atoms with van der Waals surface area (Å²) in [7, 11) is 0. The molecule has 2 rings (SSSR count). The number of carbonyl (C=O) groups excluding carboxylic acids is 2.